The van der Waals surface area contributed by atoms with E-state index in [4.69, 9.17) is 16.3 Å². The predicted octanol–water partition coefficient (Wildman–Crippen LogP) is 4.92. The SMILES string of the molecule is COc1ccc(NC(=O)c2ccc(CN3CCN(c4ccccc4)CC3)cc2)cc1Cl. The number of benzene rings is 3. The Bertz CT molecular complexity index is 1020. The molecule has 1 aliphatic heterocycles. The van der Waals surface area contributed by atoms with E-state index in [0.717, 1.165) is 32.7 Å². The lowest BCUT2D eigenvalue weighted by molar-refractivity contribution is 0.102. The van der Waals surface area contributed by atoms with Crippen molar-refractivity contribution < 1.29 is 9.53 Å². The van der Waals surface area contributed by atoms with Gasteiger partial charge in [0, 0.05) is 49.7 Å². The van der Waals surface area contributed by atoms with Gasteiger partial charge < -0.3 is 15.0 Å². The molecule has 0 bridgehead atoms. The molecule has 1 amide bonds. The van der Waals surface area contributed by atoms with Gasteiger partial charge in [0.1, 0.15) is 5.75 Å². The van der Waals surface area contributed by atoms with Crippen LogP contribution >= 0.6 is 11.6 Å². The summed E-state index contributed by atoms with van der Waals surface area (Å²) in [5, 5.41) is 3.34. The van der Waals surface area contributed by atoms with Gasteiger partial charge in [-0.05, 0) is 48.0 Å². The van der Waals surface area contributed by atoms with Gasteiger partial charge in [0.2, 0.25) is 0 Å². The minimum Gasteiger partial charge on any atom is -0.495 e. The summed E-state index contributed by atoms with van der Waals surface area (Å²) in [6.45, 7) is 4.98. The quantitative estimate of drug-likeness (QED) is 0.596. The van der Waals surface area contributed by atoms with E-state index in [1.807, 2.05) is 24.3 Å². The van der Waals surface area contributed by atoms with Crippen LogP contribution in [0.1, 0.15) is 15.9 Å². The van der Waals surface area contributed by atoms with Crippen molar-refractivity contribution >= 4 is 28.9 Å². The van der Waals surface area contributed by atoms with E-state index in [9.17, 15) is 4.79 Å². The molecule has 0 spiro atoms. The molecular formula is C25H26ClN3O2. The number of anilines is 2. The summed E-state index contributed by atoms with van der Waals surface area (Å²) in [6.07, 6.45) is 0. The summed E-state index contributed by atoms with van der Waals surface area (Å²) in [5.74, 6) is 0.415. The highest BCUT2D eigenvalue weighted by atomic mass is 35.5. The molecule has 31 heavy (non-hydrogen) atoms. The Hall–Kier alpha value is -3.02. The maximum Gasteiger partial charge on any atom is 0.255 e. The third kappa shape index (κ3) is 5.37. The fourth-order valence-electron chi connectivity index (χ4n) is 3.77. The van der Waals surface area contributed by atoms with Crippen molar-refractivity contribution in [1.82, 2.24) is 4.90 Å². The molecule has 4 rings (SSSR count). The van der Waals surface area contributed by atoms with Crippen LogP contribution in [0.4, 0.5) is 11.4 Å². The fraction of sp³-hybridized carbons (Fsp3) is 0.240. The van der Waals surface area contributed by atoms with Gasteiger partial charge in [0.05, 0.1) is 12.1 Å². The Balaban J connectivity index is 1.30. The van der Waals surface area contributed by atoms with Gasteiger partial charge >= 0.3 is 0 Å². The highest BCUT2D eigenvalue weighted by molar-refractivity contribution is 6.32. The summed E-state index contributed by atoms with van der Waals surface area (Å²) in [6, 6.07) is 23.5. The number of carbonyl (C=O) groups is 1. The summed E-state index contributed by atoms with van der Waals surface area (Å²) in [7, 11) is 1.56. The molecule has 1 aliphatic rings. The maximum absolute atomic E-state index is 12.6. The van der Waals surface area contributed by atoms with Crippen LogP contribution in [0.2, 0.25) is 5.02 Å². The molecule has 0 atom stereocenters. The van der Waals surface area contributed by atoms with Gasteiger partial charge in [-0.1, -0.05) is 41.9 Å². The lowest BCUT2D eigenvalue weighted by atomic mass is 10.1. The normalized spacial score (nSPS) is 14.3. The summed E-state index contributed by atoms with van der Waals surface area (Å²) < 4.78 is 5.14. The average molecular weight is 436 g/mol. The number of para-hydroxylation sites is 1. The average Bonchev–Trinajstić information content (AvgIpc) is 2.81. The third-order valence-electron chi connectivity index (χ3n) is 5.53. The second-order valence-electron chi connectivity index (χ2n) is 7.60. The van der Waals surface area contributed by atoms with Crippen LogP contribution in [0.5, 0.6) is 5.75 Å². The molecule has 3 aromatic rings. The van der Waals surface area contributed by atoms with Crippen molar-refractivity contribution in [3.05, 3.63) is 88.9 Å². The highest BCUT2D eigenvalue weighted by Gasteiger charge is 2.17. The molecule has 0 radical (unpaired) electrons. The second-order valence-corrected chi connectivity index (χ2v) is 8.01. The van der Waals surface area contributed by atoms with Crippen LogP contribution in [-0.4, -0.2) is 44.1 Å². The molecule has 0 aromatic heterocycles. The third-order valence-corrected chi connectivity index (χ3v) is 5.82. The first kappa shape index (κ1) is 21.2. The van der Waals surface area contributed by atoms with Crippen molar-refractivity contribution in [2.24, 2.45) is 0 Å². The van der Waals surface area contributed by atoms with Crippen molar-refractivity contribution in [3.63, 3.8) is 0 Å². The number of hydrogen-bond donors (Lipinski definition) is 1. The lowest BCUT2D eigenvalue weighted by Gasteiger charge is -2.36. The van der Waals surface area contributed by atoms with Crippen LogP contribution in [0.25, 0.3) is 0 Å². The van der Waals surface area contributed by atoms with Gasteiger partial charge in [-0.25, -0.2) is 0 Å². The van der Waals surface area contributed by atoms with Crippen LogP contribution in [0.15, 0.2) is 72.8 Å². The second kappa shape index (κ2) is 9.86. The molecule has 160 valence electrons. The first-order valence-corrected chi connectivity index (χ1v) is 10.8. The topological polar surface area (TPSA) is 44.8 Å². The smallest absolute Gasteiger partial charge is 0.255 e. The highest BCUT2D eigenvalue weighted by Crippen LogP contribution is 2.27. The van der Waals surface area contributed by atoms with Crippen molar-refractivity contribution in [2.45, 2.75) is 6.54 Å². The Labute approximate surface area is 188 Å². The largest absolute Gasteiger partial charge is 0.495 e. The molecule has 1 saturated heterocycles. The summed E-state index contributed by atoms with van der Waals surface area (Å²) in [4.78, 5) is 17.4. The summed E-state index contributed by atoms with van der Waals surface area (Å²) in [5.41, 5.74) is 3.74. The number of hydrogen-bond acceptors (Lipinski definition) is 4. The van der Waals surface area contributed by atoms with Crippen LogP contribution in [0.3, 0.4) is 0 Å². The lowest BCUT2D eigenvalue weighted by Crippen LogP contribution is -2.45. The van der Waals surface area contributed by atoms with E-state index in [1.165, 1.54) is 11.3 Å². The first-order valence-electron chi connectivity index (χ1n) is 10.4. The van der Waals surface area contributed by atoms with Crippen molar-refractivity contribution in [1.29, 1.82) is 0 Å². The first-order chi connectivity index (χ1) is 15.1. The Morgan fingerprint density at radius 1 is 0.968 bits per heavy atom. The zero-order chi connectivity index (χ0) is 21.6. The van der Waals surface area contributed by atoms with E-state index >= 15 is 0 Å². The fourth-order valence-corrected chi connectivity index (χ4v) is 4.03. The van der Waals surface area contributed by atoms with Crippen molar-refractivity contribution in [3.8, 4) is 5.75 Å². The van der Waals surface area contributed by atoms with Gasteiger partial charge in [-0.3, -0.25) is 9.69 Å². The minimum absolute atomic E-state index is 0.163. The van der Waals surface area contributed by atoms with E-state index in [0.29, 0.717) is 22.0 Å². The molecule has 1 fully saturated rings. The number of nitrogens with one attached hydrogen (secondary N) is 1. The molecule has 5 nitrogen and oxygen atoms in total. The molecule has 3 aromatic carbocycles. The number of piperazine rings is 1. The molecule has 1 heterocycles. The van der Waals surface area contributed by atoms with Gasteiger partial charge in [-0.15, -0.1) is 0 Å². The van der Waals surface area contributed by atoms with Gasteiger partial charge in [0.25, 0.3) is 5.91 Å². The molecule has 0 unspecified atom stereocenters. The number of carbonyl (C=O) groups excluding carboxylic acids is 1. The van der Waals surface area contributed by atoms with E-state index in [-0.39, 0.29) is 5.91 Å². The standard InChI is InChI=1S/C25H26ClN3O2/c1-31-24-12-11-21(17-23(24)26)27-25(30)20-9-7-19(8-10-20)18-28-13-15-29(16-14-28)22-5-3-2-4-6-22/h2-12,17H,13-16,18H2,1H3,(H,27,30). The van der Waals surface area contributed by atoms with Crippen LogP contribution in [0, 0.1) is 0 Å². The Morgan fingerprint density at radius 2 is 1.68 bits per heavy atom. The van der Waals surface area contributed by atoms with Crippen LogP contribution in [-0.2, 0) is 6.54 Å². The molecule has 0 aliphatic carbocycles. The van der Waals surface area contributed by atoms with E-state index < -0.39 is 0 Å². The number of halogens is 1. The number of methoxy groups -OCH3 is 1. The maximum atomic E-state index is 12.6. The number of nitrogens with zero attached hydrogens (tertiary/aromatic N) is 2. The van der Waals surface area contributed by atoms with Crippen LogP contribution < -0.4 is 15.0 Å². The number of ether oxygens (including phenoxy) is 1. The van der Waals surface area contributed by atoms with E-state index in [1.54, 1.807) is 25.3 Å². The number of amides is 1. The number of rotatable bonds is 6. The monoisotopic (exact) mass is 435 g/mol. The Morgan fingerprint density at radius 3 is 2.32 bits per heavy atom. The van der Waals surface area contributed by atoms with E-state index in [2.05, 4.69) is 45.4 Å². The zero-order valence-corrected chi connectivity index (χ0v) is 18.3. The minimum atomic E-state index is -0.163. The van der Waals surface area contributed by atoms with Gasteiger partial charge in [-0.2, -0.15) is 0 Å². The molecular weight excluding hydrogens is 410 g/mol. The Kier molecular flexibility index (Phi) is 6.75. The zero-order valence-electron chi connectivity index (χ0n) is 17.6. The molecule has 6 heteroatoms. The van der Waals surface area contributed by atoms with Crippen molar-refractivity contribution in [2.75, 3.05) is 43.5 Å². The predicted molar refractivity (Wildman–Crippen MR) is 126 cm³/mol. The van der Waals surface area contributed by atoms with Gasteiger partial charge in [0.15, 0.2) is 0 Å². The summed E-state index contributed by atoms with van der Waals surface area (Å²) >= 11 is 6.13. The molecule has 0 saturated carbocycles. The molecule has 1 N–H and O–H groups in total.